The number of piperidine rings is 1. The maximum absolute atomic E-state index is 6.27. The Morgan fingerprint density at radius 1 is 1.20 bits per heavy atom. The van der Waals surface area contributed by atoms with E-state index >= 15 is 0 Å². The largest absolute Gasteiger partial charge is 0.314 e. The van der Waals surface area contributed by atoms with Crippen molar-refractivity contribution < 1.29 is 0 Å². The van der Waals surface area contributed by atoms with Crippen LogP contribution in [0.4, 0.5) is 0 Å². The number of benzene rings is 1. The Morgan fingerprint density at radius 2 is 2.05 bits per heavy atom. The zero-order valence-electron chi connectivity index (χ0n) is 11.7. The number of hydrogen-bond donors (Lipinski definition) is 1. The Balaban J connectivity index is 1.54. The van der Waals surface area contributed by atoms with Crippen LogP contribution in [-0.4, -0.2) is 30.6 Å². The van der Waals surface area contributed by atoms with Crippen LogP contribution >= 0.6 is 23.2 Å². The minimum absolute atomic E-state index is 0.772. The van der Waals surface area contributed by atoms with Crippen LogP contribution in [-0.2, 0) is 6.54 Å². The molecule has 1 aliphatic heterocycles. The van der Waals surface area contributed by atoms with Gasteiger partial charge < -0.3 is 5.32 Å². The first-order valence-electron chi connectivity index (χ1n) is 7.60. The maximum atomic E-state index is 6.27. The Kier molecular flexibility index (Phi) is 4.87. The molecule has 2 nitrogen and oxygen atoms in total. The number of nitrogens with zero attached hydrogens (tertiary/aromatic N) is 1. The van der Waals surface area contributed by atoms with Crippen LogP contribution < -0.4 is 5.32 Å². The number of nitrogens with one attached hydrogen (secondary N) is 1. The van der Waals surface area contributed by atoms with Gasteiger partial charge in [-0.05, 0) is 68.5 Å². The number of likely N-dealkylation sites (tertiary alicyclic amines) is 1. The van der Waals surface area contributed by atoms with Gasteiger partial charge in [0.25, 0.3) is 0 Å². The maximum Gasteiger partial charge on any atom is 0.0452 e. The van der Waals surface area contributed by atoms with E-state index in [4.69, 9.17) is 23.2 Å². The van der Waals surface area contributed by atoms with Crippen molar-refractivity contribution >= 4 is 23.2 Å². The number of hydrogen-bond acceptors (Lipinski definition) is 2. The van der Waals surface area contributed by atoms with Gasteiger partial charge in [-0.15, -0.1) is 0 Å². The van der Waals surface area contributed by atoms with Crippen LogP contribution in [0.15, 0.2) is 18.2 Å². The summed E-state index contributed by atoms with van der Waals surface area (Å²) in [5.74, 6) is 0.780. The van der Waals surface area contributed by atoms with Crippen LogP contribution in [0, 0.1) is 5.92 Å². The standard InChI is InChI=1S/C16H22Cl2N2/c17-14-3-6-16(18)13(8-14)11-20-7-1-2-12(10-20)9-19-15-4-5-15/h3,6,8,12,15,19H,1-2,4-5,7,9-11H2. The molecule has 0 radical (unpaired) electrons. The summed E-state index contributed by atoms with van der Waals surface area (Å²) < 4.78 is 0. The zero-order valence-corrected chi connectivity index (χ0v) is 13.3. The molecular formula is C16H22Cl2N2. The topological polar surface area (TPSA) is 15.3 Å². The summed E-state index contributed by atoms with van der Waals surface area (Å²) in [6.45, 7) is 4.43. The second-order valence-electron chi connectivity index (χ2n) is 6.16. The summed E-state index contributed by atoms with van der Waals surface area (Å²) in [6, 6.07) is 6.56. The highest BCUT2D eigenvalue weighted by Crippen LogP contribution is 2.25. The summed E-state index contributed by atoms with van der Waals surface area (Å²) in [5, 5.41) is 5.26. The van der Waals surface area contributed by atoms with E-state index in [1.54, 1.807) is 0 Å². The van der Waals surface area contributed by atoms with Gasteiger partial charge in [0.2, 0.25) is 0 Å². The fraction of sp³-hybridized carbons (Fsp3) is 0.625. The second kappa shape index (κ2) is 6.65. The molecule has 1 saturated heterocycles. The molecule has 0 amide bonds. The van der Waals surface area contributed by atoms with Crippen molar-refractivity contribution in [3.8, 4) is 0 Å². The molecule has 2 fully saturated rings. The SMILES string of the molecule is Clc1ccc(Cl)c(CN2CCCC(CNC3CC3)C2)c1. The van der Waals surface area contributed by atoms with Crippen molar-refractivity contribution in [3.63, 3.8) is 0 Å². The fourth-order valence-electron chi connectivity index (χ4n) is 2.99. The lowest BCUT2D eigenvalue weighted by Gasteiger charge is -2.33. The lowest BCUT2D eigenvalue weighted by Crippen LogP contribution is -2.39. The molecule has 1 saturated carbocycles. The fourth-order valence-corrected chi connectivity index (χ4v) is 3.36. The Morgan fingerprint density at radius 3 is 2.85 bits per heavy atom. The highest BCUT2D eigenvalue weighted by molar-refractivity contribution is 6.33. The summed E-state index contributed by atoms with van der Waals surface area (Å²) in [6.07, 6.45) is 5.37. The molecule has 1 atom stereocenters. The lowest BCUT2D eigenvalue weighted by atomic mass is 9.97. The molecule has 1 unspecified atom stereocenters. The molecule has 110 valence electrons. The first kappa shape index (κ1) is 14.6. The van der Waals surface area contributed by atoms with Gasteiger partial charge in [-0.25, -0.2) is 0 Å². The molecule has 1 aliphatic carbocycles. The predicted octanol–water partition coefficient (Wildman–Crippen LogP) is 3.96. The second-order valence-corrected chi connectivity index (χ2v) is 7.01. The van der Waals surface area contributed by atoms with Crippen LogP contribution in [0.5, 0.6) is 0 Å². The quantitative estimate of drug-likeness (QED) is 0.885. The highest BCUT2D eigenvalue weighted by atomic mass is 35.5. The zero-order chi connectivity index (χ0) is 13.9. The van der Waals surface area contributed by atoms with Crippen molar-refractivity contribution in [3.05, 3.63) is 33.8 Å². The monoisotopic (exact) mass is 312 g/mol. The van der Waals surface area contributed by atoms with Crippen LogP contribution in [0.25, 0.3) is 0 Å². The summed E-state index contributed by atoms with van der Waals surface area (Å²) >= 11 is 12.3. The van der Waals surface area contributed by atoms with E-state index in [0.29, 0.717) is 0 Å². The normalized spacial score (nSPS) is 24.0. The van der Waals surface area contributed by atoms with Gasteiger partial charge in [0.1, 0.15) is 0 Å². The lowest BCUT2D eigenvalue weighted by molar-refractivity contribution is 0.165. The van der Waals surface area contributed by atoms with Gasteiger partial charge >= 0.3 is 0 Å². The van der Waals surface area contributed by atoms with E-state index in [9.17, 15) is 0 Å². The third-order valence-corrected chi connectivity index (χ3v) is 4.88. The van der Waals surface area contributed by atoms with Gasteiger partial charge in [-0.3, -0.25) is 4.90 Å². The van der Waals surface area contributed by atoms with Crippen LogP contribution in [0.3, 0.4) is 0 Å². The minimum Gasteiger partial charge on any atom is -0.314 e. The summed E-state index contributed by atoms with van der Waals surface area (Å²) in [7, 11) is 0. The van der Waals surface area contributed by atoms with Crippen LogP contribution in [0.1, 0.15) is 31.2 Å². The molecule has 0 aromatic heterocycles. The molecule has 1 heterocycles. The van der Waals surface area contributed by atoms with E-state index in [-0.39, 0.29) is 0 Å². The average molecular weight is 313 g/mol. The van der Waals surface area contributed by atoms with Crippen molar-refractivity contribution in [2.45, 2.75) is 38.3 Å². The minimum atomic E-state index is 0.772. The molecule has 1 aromatic rings. The average Bonchev–Trinajstić information content (AvgIpc) is 3.25. The van der Waals surface area contributed by atoms with E-state index in [1.807, 2.05) is 18.2 Å². The molecule has 0 bridgehead atoms. The van der Waals surface area contributed by atoms with Gasteiger partial charge in [-0.2, -0.15) is 0 Å². The van der Waals surface area contributed by atoms with Gasteiger partial charge in [0.15, 0.2) is 0 Å². The highest BCUT2D eigenvalue weighted by Gasteiger charge is 2.24. The molecule has 1 aromatic carbocycles. The van der Waals surface area contributed by atoms with E-state index in [0.717, 1.165) is 34.1 Å². The van der Waals surface area contributed by atoms with Gasteiger partial charge in [-0.1, -0.05) is 23.2 Å². The first-order chi connectivity index (χ1) is 9.70. The van der Waals surface area contributed by atoms with Gasteiger partial charge in [0.05, 0.1) is 0 Å². The number of halogens is 2. The summed E-state index contributed by atoms with van der Waals surface area (Å²) in [5.41, 5.74) is 1.15. The number of rotatable bonds is 5. The van der Waals surface area contributed by atoms with E-state index in [2.05, 4.69) is 10.2 Å². The van der Waals surface area contributed by atoms with E-state index < -0.39 is 0 Å². The Labute approximate surface area is 131 Å². The molecule has 2 aliphatic rings. The molecule has 20 heavy (non-hydrogen) atoms. The molecule has 3 rings (SSSR count). The van der Waals surface area contributed by atoms with Crippen molar-refractivity contribution in [1.29, 1.82) is 0 Å². The third-order valence-electron chi connectivity index (χ3n) is 4.28. The summed E-state index contributed by atoms with van der Waals surface area (Å²) in [4.78, 5) is 2.51. The van der Waals surface area contributed by atoms with Crippen molar-refractivity contribution in [2.75, 3.05) is 19.6 Å². The first-order valence-corrected chi connectivity index (χ1v) is 8.36. The Bertz CT molecular complexity index is 460. The van der Waals surface area contributed by atoms with Crippen molar-refractivity contribution in [2.24, 2.45) is 5.92 Å². The molecule has 1 N–H and O–H groups in total. The smallest absolute Gasteiger partial charge is 0.0452 e. The predicted molar refractivity (Wildman–Crippen MR) is 85.5 cm³/mol. The van der Waals surface area contributed by atoms with Gasteiger partial charge in [0, 0.05) is 29.2 Å². The molecular weight excluding hydrogens is 291 g/mol. The van der Waals surface area contributed by atoms with E-state index in [1.165, 1.54) is 45.3 Å². The molecule has 0 spiro atoms. The van der Waals surface area contributed by atoms with Crippen molar-refractivity contribution in [1.82, 2.24) is 10.2 Å². The molecule has 4 heteroatoms. The van der Waals surface area contributed by atoms with Crippen LogP contribution in [0.2, 0.25) is 10.0 Å². The third kappa shape index (κ3) is 4.11. The Hall–Kier alpha value is -0.280.